The molecule has 0 aliphatic carbocycles. The maximum absolute atomic E-state index is 10.6. The minimum atomic E-state index is -4.29. The minimum absolute atomic E-state index is 0.129. The van der Waals surface area contributed by atoms with Gasteiger partial charge in [0, 0.05) is 6.42 Å². The van der Waals surface area contributed by atoms with E-state index in [-0.39, 0.29) is 6.42 Å². The lowest BCUT2D eigenvalue weighted by molar-refractivity contribution is -0.00857. The highest BCUT2D eigenvalue weighted by Crippen LogP contribution is 2.47. The van der Waals surface area contributed by atoms with Crippen LogP contribution in [0.3, 0.4) is 0 Å². The third-order valence-electron chi connectivity index (χ3n) is 1.76. The van der Waals surface area contributed by atoms with E-state index in [9.17, 15) is 4.57 Å². The molecule has 0 radical (unpaired) electrons. The molecule has 3 atom stereocenters. The van der Waals surface area contributed by atoms with Gasteiger partial charge in [-0.05, 0) is 0 Å². The first kappa shape index (κ1) is 10.1. The predicted molar refractivity (Wildman–Crippen MR) is 38.4 cm³/mol. The highest BCUT2D eigenvalue weighted by molar-refractivity contribution is 7.52. The molecular formula is C5H11O6P. The van der Waals surface area contributed by atoms with Crippen molar-refractivity contribution in [3.8, 4) is 0 Å². The molecule has 0 aromatic carbocycles. The van der Waals surface area contributed by atoms with Crippen LogP contribution in [-0.2, 0) is 9.30 Å². The molecule has 0 bridgehead atoms. The summed E-state index contributed by atoms with van der Waals surface area (Å²) in [6.07, 6.45) is -1.99. The van der Waals surface area contributed by atoms with E-state index < -0.39 is 32.3 Å². The topological polar surface area (TPSA) is 107 Å². The first-order valence-electron chi connectivity index (χ1n) is 3.44. The first-order valence-corrected chi connectivity index (χ1v) is 5.13. The van der Waals surface area contributed by atoms with Crippen LogP contribution in [0, 0.1) is 0 Å². The molecule has 7 heteroatoms. The number of rotatable bonds is 2. The van der Waals surface area contributed by atoms with Crippen molar-refractivity contribution < 1.29 is 29.3 Å². The molecule has 0 aromatic heterocycles. The Morgan fingerprint density at radius 2 is 2.08 bits per heavy atom. The Balaban J connectivity index is 2.60. The van der Waals surface area contributed by atoms with Crippen LogP contribution in [0.2, 0.25) is 0 Å². The average molecular weight is 198 g/mol. The van der Waals surface area contributed by atoms with Gasteiger partial charge in [0.2, 0.25) is 0 Å². The molecule has 1 saturated heterocycles. The van der Waals surface area contributed by atoms with Crippen LogP contribution >= 0.6 is 7.60 Å². The molecule has 1 fully saturated rings. The van der Waals surface area contributed by atoms with Gasteiger partial charge in [0.15, 0.2) is 5.85 Å². The van der Waals surface area contributed by atoms with Crippen molar-refractivity contribution in [1.82, 2.24) is 0 Å². The lowest BCUT2D eigenvalue weighted by atomic mass is 10.2. The van der Waals surface area contributed by atoms with Crippen molar-refractivity contribution in [2.75, 3.05) is 6.61 Å². The molecule has 1 aliphatic heterocycles. The quantitative estimate of drug-likeness (QED) is 0.408. The number of ether oxygens (including phenoxy) is 1. The van der Waals surface area contributed by atoms with Gasteiger partial charge in [-0.15, -0.1) is 0 Å². The molecule has 0 aromatic rings. The smallest absolute Gasteiger partial charge is 0.354 e. The van der Waals surface area contributed by atoms with Crippen LogP contribution in [-0.4, -0.2) is 44.7 Å². The summed E-state index contributed by atoms with van der Waals surface area (Å²) >= 11 is 0. The second kappa shape index (κ2) is 3.41. The summed E-state index contributed by atoms with van der Waals surface area (Å²) in [5.41, 5.74) is 0. The van der Waals surface area contributed by atoms with E-state index in [1.54, 1.807) is 0 Å². The maximum atomic E-state index is 10.6. The molecule has 0 unspecified atom stereocenters. The van der Waals surface area contributed by atoms with Crippen molar-refractivity contribution in [2.24, 2.45) is 0 Å². The lowest BCUT2D eigenvalue weighted by Crippen LogP contribution is -2.24. The van der Waals surface area contributed by atoms with Gasteiger partial charge in [0.05, 0.1) is 12.7 Å². The van der Waals surface area contributed by atoms with Gasteiger partial charge >= 0.3 is 7.60 Å². The Morgan fingerprint density at radius 3 is 2.33 bits per heavy atom. The average Bonchev–Trinajstić information content (AvgIpc) is 2.29. The molecule has 12 heavy (non-hydrogen) atoms. The largest absolute Gasteiger partial charge is 0.394 e. The lowest BCUT2D eigenvalue weighted by Gasteiger charge is -2.12. The predicted octanol–water partition coefficient (Wildman–Crippen LogP) is -1.37. The molecule has 1 aliphatic rings. The van der Waals surface area contributed by atoms with Gasteiger partial charge in [-0.3, -0.25) is 4.57 Å². The zero-order valence-corrected chi connectivity index (χ0v) is 7.09. The van der Waals surface area contributed by atoms with Crippen molar-refractivity contribution in [2.45, 2.75) is 24.5 Å². The van der Waals surface area contributed by atoms with E-state index in [2.05, 4.69) is 0 Å². The third-order valence-corrected chi connectivity index (χ3v) is 2.84. The van der Waals surface area contributed by atoms with Crippen LogP contribution in [0.1, 0.15) is 6.42 Å². The first-order chi connectivity index (χ1) is 5.45. The summed E-state index contributed by atoms with van der Waals surface area (Å²) in [4.78, 5) is 17.3. The molecule has 0 spiro atoms. The normalized spacial score (nSPS) is 37.2. The molecule has 1 heterocycles. The van der Waals surface area contributed by atoms with Crippen LogP contribution in [0.5, 0.6) is 0 Å². The zero-order chi connectivity index (χ0) is 9.35. The Kier molecular flexibility index (Phi) is 2.88. The monoisotopic (exact) mass is 198 g/mol. The van der Waals surface area contributed by atoms with E-state index in [1.165, 1.54) is 0 Å². The highest BCUT2D eigenvalue weighted by atomic mass is 31.2. The molecule has 0 amide bonds. The summed E-state index contributed by atoms with van der Waals surface area (Å²) in [6, 6.07) is 0. The maximum Gasteiger partial charge on any atom is 0.354 e. The van der Waals surface area contributed by atoms with E-state index in [0.717, 1.165) is 0 Å². The van der Waals surface area contributed by atoms with Gasteiger partial charge < -0.3 is 24.7 Å². The second-order valence-corrected chi connectivity index (χ2v) is 4.46. The van der Waals surface area contributed by atoms with Gasteiger partial charge in [-0.25, -0.2) is 0 Å². The van der Waals surface area contributed by atoms with Gasteiger partial charge in [0.1, 0.15) is 6.10 Å². The van der Waals surface area contributed by atoms with Gasteiger partial charge in [0.25, 0.3) is 0 Å². The summed E-state index contributed by atoms with van der Waals surface area (Å²) in [6.45, 7) is -0.433. The number of hydrogen-bond acceptors (Lipinski definition) is 4. The van der Waals surface area contributed by atoms with Gasteiger partial charge in [-0.1, -0.05) is 0 Å². The molecule has 1 rings (SSSR count). The Bertz CT molecular complexity index is 200. The van der Waals surface area contributed by atoms with Crippen molar-refractivity contribution in [3.63, 3.8) is 0 Å². The van der Waals surface area contributed by atoms with Crippen LogP contribution in [0.4, 0.5) is 0 Å². The molecule has 6 nitrogen and oxygen atoms in total. The zero-order valence-electron chi connectivity index (χ0n) is 6.20. The fourth-order valence-electron chi connectivity index (χ4n) is 1.09. The SMILES string of the molecule is O=P(O)(O)[C@H]1C[C@@H](O)[C@@H](CO)O1. The Morgan fingerprint density at radius 1 is 1.50 bits per heavy atom. The van der Waals surface area contributed by atoms with Crippen LogP contribution in [0.25, 0.3) is 0 Å². The number of hydrogen-bond donors (Lipinski definition) is 4. The minimum Gasteiger partial charge on any atom is -0.394 e. The molecule has 4 N–H and O–H groups in total. The summed E-state index contributed by atoms with van der Waals surface area (Å²) < 4.78 is 15.3. The molecular weight excluding hydrogens is 187 g/mol. The fraction of sp³-hybridized carbons (Fsp3) is 1.00. The molecule has 72 valence electrons. The van der Waals surface area contributed by atoms with E-state index >= 15 is 0 Å². The summed E-state index contributed by atoms with van der Waals surface area (Å²) in [5.74, 6) is -1.27. The van der Waals surface area contributed by atoms with E-state index in [0.29, 0.717) is 0 Å². The molecule has 0 saturated carbocycles. The van der Waals surface area contributed by atoms with Crippen LogP contribution < -0.4 is 0 Å². The third kappa shape index (κ3) is 2.04. The second-order valence-electron chi connectivity index (χ2n) is 2.70. The van der Waals surface area contributed by atoms with Crippen molar-refractivity contribution >= 4 is 7.60 Å². The Labute approximate surface area is 68.9 Å². The summed E-state index contributed by atoms with van der Waals surface area (Å²) in [7, 11) is -4.29. The van der Waals surface area contributed by atoms with Crippen LogP contribution in [0.15, 0.2) is 0 Å². The van der Waals surface area contributed by atoms with Crippen molar-refractivity contribution in [3.05, 3.63) is 0 Å². The highest BCUT2D eigenvalue weighted by Gasteiger charge is 2.42. The van der Waals surface area contributed by atoms with Gasteiger partial charge in [-0.2, -0.15) is 0 Å². The number of aliphatic hydroxyl groups excluding tert-OH is 2. The number of aliphatic hydroxyl groups is 2. The summed E-state index contributed by atoms with van der Waals surface area (Å²) in [5, 5.41) is 17.7. The Hall–Kier alpha value is 0.0300. The van der Waals surface area contributed by atoms with Crippen molar-refractivity contribution in [1.29, 1.82) is 0 Å². The standard InChI is InChI=1S/C5H11O6P/c6-2-4-3(7)1-5(11-4)12(8,9)10/h3-7H,1-2H2,(H2,8,9,10)/t3-,4-,5+/m1/s1. The van der Waals surface area contributed by atoms with E-state index in [4.69, 9.17) is 24.7 Å². The van der Waals surface area contributed by atoms with E-state index in [1.807, 2.05) is 0 Å². The fourth-order valence-corrected chi connectivity index (χ4v) is 1.89.